The molecule has 0 bridgehead atoms. The molecule has 0 radical (unpaired) electrons. The molecule has 1 N–H and O–H groups in total. The van der Waals surface area contributed by atoms with Crippen molar-refractivity contribution in [2.24, 2.45) is 0 Å². The van der Waals surface area contributed by atoms with Gasteiger partial charge in [-0.2, -0.15) is 0 Å². The summed E-state index contributed by atoms with van der Waals surface area (Å²) in [5, 5.41) is 2.13. The van der Waals surface area contributed by atoms with Crippen LogP contribution in [0.4, 0.5) is 4.79 Å². The molecule has 0 aromatic carbocycles. The normalized spacial score (nSPS) is 9.30. The third-order valence-electron chi connectivity index (χ3n) is 0.994. The predicted octanol–water partition coefficient (Wildman–Crippen LogP) is 1.42. The van der Waals surface area contributed by atoms with Crippen molar-refractivity contribution in [3.8, 4) is 0 Å². The summed E-state index contributed by atoms with van der Waals surface area (Å²) >= 11 is 3.52. The van der Waals surface area contributed by atoms with Crippen LogP contribution in [0.1, 0.15) is 5.76 Å². The topological polar surface area (TPSA) is 42.2 Å². The fraction of sp³-hybridized carbons (Fsp3) is 0.167. The van der Waals surface area contributed by atoms with Crippen LogP contribution in [0.5, 0.6) is 0 Å². The second-order valence-electron chi connectivity index (χ2n) is 1.74. The molecule has 0 fully saturated rings. The van der Waals surface area contributed by atoms with Gasteiger partial charge in [0.05, 0.1) is 12.8 Å². The van der Waals surface area contributed by atoms with Crippen molar-refractivity contribution >= 4 is 17.9 Å². The van der Waals surface area contributed by atoms with Gasteiger partial charge in [-0.05, 0) is 12.1 Å². The van der Waals surface area contributed by atoms with Gasteiger partial charge in [-0.25, -0.2) is 0 Å². The quantitative estimate of drug-likeness (QED) is 0.637. The van der Waals surface area contributed by atoms with Gasteiger partial charge in [0.15, 0.2) is 0 Å². The maximum absolute atomic E-state index is 10.3. The largest absolute Gasteiger partial charge is 0.467 e. The summed E-state index contributed by atoms with van der Waals surface area (Å²) in [5.74, 6) is 0.724. The monoisotopic (exact) mass is 157 g/mol. The van der Waals surface area contributed by atoms with E-state index in [4.69, 9.17) is 4.42 Å². The molecule has 1 aromatic rings. The van der Waals surface area contributed by atoms with E-state index in [2.05, 4.69) is 17.9 Å². The van der Waals surface area contributed by atoms with E-state index in [0.717, 1.165) is 5.76 Å². The highest BCUT2D eigenvalue weighted by Crippen LogP contribution is 1.98. The molecule has 0 saturated heterocycles. The van der Waals surface area contributed by atoms with Crippen LogP contribution < -0.4 is 5.32 Å². The lowest BCUT2D eigenvalue weighted by atomic mass is 10.4. The minimum Gasteiger partial charge on any atom is -0.467 e. The lowest BCUT2D eigenvalue weighted by Gasteiger charge is -1.94. The molecule has 10 heavy (non-hydrogen) atoms. The maximum atomic E-state index is 10.3. The highest BCUT2D eigenvalue weighted by molar-refractivity contribution is 7.96. The molecular formula is C6H7NO2S. The Morgan fingerprint density at radius 1 is 1.80 bits per heavy atom. The second kappa shape index (κ2) is 3.31. The number of amides is 1. The van der Waals surface area contributed by atoms with Crippen molar-refractivity contribution in [1.29, 1.82) is 0 Å². The molecule has 0 unspecified atom stereocenters. The third-order valence-corrected chi connectivity index (χ3v) is 1.15. The van der Waals surface area contributed by atoms with Crippen LogP contribution in [-0.4, -0.2) is 5.24 Å². The summed E-state index contributed by atoms with van der Waals surface area (Å²) < 4.78 is 4.94. The molecule has 4 heteroatoms. The Labute approximate surface area is 63.8 Å². The van der Waals surface area contributed by atoms with Crippen LogP contribution in [0.15, 0.2) is 22.8 Å². The highest BCUT2D eigenvalue weighted by atomic mass is 32.1. The van der Waals surface area contributed by atoms with E-state index in [0.29, 0.717) is 6.54 Å². The molecule has 0 aliphatic rings. The fourth-order valence-corrected chi connectivity index (χ4v) is 0.655. The Hall–Kier alpha value is -0.900. The first kappa shape index (κ1) is 7.21. The summed E-state index contributed by atoms with van der Waals surface area (Å²) in [5.41, 5.74) is 0. The Kier molecular flexibility index (Phi) is 2.39. The highest BCUT2D eigenvalue weighted by Gasteiger charge is 1.95. The summed E-state index contributed by atoms with van der Waals surface area (Å²) in [6.07, 6.45) is 1.56. The molecule has 54 valence electrons. The van der Waals surface area contributed by atoms with Gasteiger partial charge in [-0.1, -0.05) is 12.6 Å². The number of carbonyl (C=O) groups is 1. The van der Waals surface area contributed by atoms with Gasteiger partial charge in [-0.3, -0.25) is 4.79 Å². The molecule has 1 amide bonds. The van der Waals surface area contributed by atoms with Gasteiger partial charge < -0.3 is 9.73 Å². The molecule has 3 nitrogen and oxygen atoms in total. The Bertz CT molecular complexity index is 208. The number of nitrogens with one attached hydrogen (secondary N) is 1. The van der Waals surface area contributed by atoms with E-state index >= 15 is 0 Å². The number of rotatable bonds is 2. The van der Waals surface area contributed by atoms with E-state index in [1.54, 1.807) is 18.4 Å². The van der Waals surface area contributed by atoms with Crippen LogP contribution >= 0.6 is 12.6 Å². The average Bonchev–Trinajstić information content (AvgIpc) is 2.34. The van der Waals surface area contributed by atoms with Crippen molar-refractivity contribution in [1.82, 2.24) is 5.32 Å². The van der Waals surface area contributed by atoms with Gasteiger partial charge in [0.25, 0.3) is 5.24 Å². The van der Waals surface area contributed by atoms with E-state index in [9.17, 15) is 4.79 Å². The van der Waals surface area contributed by atoms with E-state index in [1.807, 2.05) is 0 Å². The van der Waals surface area contributed by atoms with Crippen molar-refractivity contribution in [2.75, 3.05) is 0 Å². The summed E-state index contributed by atoms with van der Waals surface area (Å²) in [4.78, 5) is 10.3. The van der Waals surface area contributed by atoms with E-state index < -0.39 is 0 Å². The van der Waals surface area contributed by atoms with Crippen molar-refractivity contribution in [2.45, 2.75) is 6.54 Å². The first-order chi connectivity index (χ1) is 4.79. The van der Waals surface area contributed by atoms with Crippen LogP contribution in [-0.2, 0) is 6.54 Å². The van der Waals surface area contributed by atoms with Gasteiger partial charge in [0.2, 0.25) is 0 Å². The first-order valence-corrected chi connectivity index (χ1v) is 3.23. The first-order valence-electron chi connectivity index (χ1n) is 2.78. The molecule has 1 rings (SSSR count). The van der Waals surface area contributed by atoms with E-state index in [-0.39, 0.29) is 5.24 Å². The standard InChI is InChI=1S/C6H7NO2S/c8-6(10)7-4-5-2-1-3-9-5/h1-3H,4H2,(H2,7,8,10). The minimum atomic E-state index is -0.351. The fourth-order valence-electron chi connectivity index (χ4n) is 0.576. The smallest absolute Gasteiger partial charge is 0.276 e. The number of hydrogen-bond donors (Lipinski definition) is 2. The molecule has 0 aliphatic carbocycles. The van der Waals surface area contributed by atoms with Gasteiger partial charge >= 0.3 is 0 Å². The van der Waals surface area contributed by atoms with Crippen molar-refractivity contribution < 1.29 is 9.21 Å². The molecular weight excluding hydrogens is 150 g/mol. The molecule has 1 aromatic heterocycles. The zero-order valence-corrected chi connectivity index (χ0v) is 6.10. The van der Waals surface area contributed by atoms with Gasteiger partial charge in [-0.15, -0.1) is 0 Å². The Morgan fingerprint density at radius 2 is 2.60 bits per heavy atom. The zero-order chi connectivity index (χ0) is 7.40. The van der Waals surface area contributed by atoms with Crippen LogP contribution in [0.2, 0.25) is 0 Å². The zero-order valence-electron chi connectivity index (χ0n) is 5.20. The van der Waals surface area contributed by atoms with Gasteiger partial charge in [0.1, 0.15) is 5.76 Å². The second-order valence-corrected chi connectivity index (χ2v) is 2.14. The van der Waals surface area contributed by atoms with Crippen LogP contribution in [0.3, 0.4) is 0 Å². The van der Waals surface area contributed by atoms with Crippen molar-refractivity contribution in [3.63, 3.8) is 0 Å². The third kappa shape index (κ3) is 2.14. The lowest BCUT2D eigenvalue weighted by molar-refractivity contribution is 0.260. The number of furan rings is 1. The predicted molar refractivity (Wildman–Crippen MR) is 39.9 cm³/mol. The number of thiol groups is 1. The lowest BCUT2D eigenvalue weighted by Crippen LogP contribution is -2.14. The maximum Gasteiger partial charge on any atom is 0.276 e. The summed E-state index contributed by atoms with van der Waals surface area (Å²) in [7, 11) is 0. The molecule has 1 heterocycles. The van der Waals surface area contributed by atoms with Crippen LogP contribution in [0.25, 0.3) is 0 Å². The number of hydrogen-bond acceptors (Lipinski definition) is 2. The Morgan fingerprint density at radius 3 is 3.10 bits per heavy atom. The average molecular weight is 157 g/mol. The number of carbonyl (C=O) groups excluding carboxylic acids is 1. The molecule has 0 aliphatic heterocycles. The molecule has 0 spiro atoms. The summed E-state index contributed by atoms with van der Waals surface area (Å²) in [6.45, 7) is 0.398. The van der Waals surface area contributed by atoms with Crippen molar-refractivity contribution in [3.05, 3.63) is 24.2 Å². The van der Waals surface area contributed by atoms with Gasteiger partial charge in [0, 0.05) is 0 Å². The van der Waals surface area contributed by atoms with Crippen LogP contribution in [0, 0.1) is 0 Å². The van der Waals surface area contributed by atoms with E-state index in [1.165, 1.54) is 0 Å². The Balaban J connectivity index is 2.35. The molecule has 0 atom stereocenters. The molecule has 0 saturated carbocycles. The summed E-state index contributed by atoms with van der Waals surface area (Å²) in [6, 6.07) is 3.55. The SMILES string of the molecule is O=C(S)NCc1ccco1. The minimum absolute atomic E-state index is 0.351.